The van der Waals surface area contributed by atoms with Gasteiger partial charge in [-0.15, -0.1) is 0 Å². The number of hydrogen-bond donors (Lipinski definition) is 0. The van der Waals surface area contributed by atoms with Crippen molar-refractivity contribution >= 4 is 39.3 Å². The minimum Gasteiger partial charge on any atom is -0.277 e. The molecule has 2 aliphatic heterocycles. The monoisotopic (exact) mass is 340 g/mol. The van der Waals surface area contributed by atoms with Crippen molar-refractivity contribution in [2.24, 2.45) is 0 Å². The van der Waals surface area contributed by atoms with Crippen LogP contribution in [0.5, 0.6) is 0 Å². The van der Waals surface area contributed by atoms with Crippen molar-refractivity contribution in [3.63, 3.8) is 0 Å². The normalized spacial score (nSPS) is 16.6. The lowest BCUT2D eigenvalue weighted by molar-refractivity contribution is -0.125. The molecule has 0 atom stereocenters. The lowest BCUT2D eigenvalue weighted by Crippen LogP contribution is -2.40. The van der Waals surface area contributed by atoms with Crippen LogP contribution in [0.3, 0.4) is 0 Å². The van der Waals surface area contributed by atoms with Gasteiger partial charge in [-0.05, 0) is 18.2 Å². The van der Waals surface area contributed by atoms with Crippen molar-refractivity contribution in [3.05, 3.63) is 64.1 Å². The van der Waals surface area contributed by atoms with Crippen LogP contribution in [0.1, 0.15) is 17.5 Å². The zero-order valence-electron chi connectivity index (χ0n) is 11.3. The molecule has 4 heteroatoms. The second kappa shape index (κ2) is 4.74. The third-order valence-corrected chi connectivity index (χ3v) is 4.59. The molecular formula is C17H13BrN2O. The van der Waals surface area contributed by atoms with Crippen molar-refractivity contribution in [1.29, 1.82) is 0 Å². The molecule has 0 saturated carbocycles. The van der Waals surface area contributed by atoms with Gasteiger partial charge < -0.3 is 0 Å². The van der Waals surface area contributed by atoms with Gasteiger partial charge in [0.15, 0.2) is 0 Å². The maximum absolute atomic E-state index is 12.3. The maximum Gasteiger partial charge on any atom is 0.247 e. The number of anilines is 1. The van der Waals surface area contributed by atoms with Crippen LogP contribution in [0.25, 0.3) is 11.8 Å². The molecule has 4 rings (SSSR count). The van der Waals surface area contributed by atoms with Crippen molar-refractivity contribution in [2.75, 3.05) is 11.6 Å². The lowest BCUT2D eigenvalue weighted by atomic mass is 10.0. The molecule has 3 nitrogen and oxygen atoms in total. The van der Waals surface area contributed by atoms with Crippen LogP contribution in [0.2, 0.25) is 0 Å². The first-order chi connectivity index (χ1) is 10.3. The largest absolute Gasteiger partial charge is 0.277 e. The molecule has 2 aromatic carbocycles. The van der Waals surface area contributed by atoms with E-state index < -0.39 is 0 Å². The number of benzene rings is 2. The number of hydrazine groups is 1. The Bertz CT molecular complexity index is 769. The van der Waals surface area contributed by atoms with Gasteiger partial charge in [-0.1, -0.05) is 52.3 Å². The summed E-state index contributed by atoms with van der Waals surface area (Å²) >= 11 is 3.59. The zero-order chi connectivity index (χ0) is 14.4. The maximum atomic E-state index is 12.3. The Morgan fingerprint density at radius 2 is 1.76 bits per heavy atom. The highest BCUT2D eigenvalue weighted by atomic mass is 79.9. The van der Waals surface area contributed by atoms with Crippen molar-refractivity contribution in [1.82, 2.24) is 5.01 Å². The van der Waals surface area contributed by atoms with E-state index in [0.717, 1.165) is 33.5 Å². The topological polar surface area (TPSA) is 23.6 Å². The van der Waals surface area contributed by atoms with Gasteiger partial charge in [0.2, 0.25) is 5.91 Å². The Morgan fingerprint density at radius 1 is 1.00 bits per heavy atom. The van der Waals surface area contributed by atoms with Gasteiger partial charge in [0.25, 0.3) is 0 Å². The summed E-state index contributed by atoms with van der Waals surface area (Å²) in [6.45, 7) is 0.734. The molecule has 2 aliphatic rings. The smallest absolute Gasteiger partial charge is 0.247 e. The third-order valence-electron chi connectivity index (χ3n) is 3.90. The van der Waals surface area contributed by atoms with E-state index in [2.05, 4.69) is 39.1 Å². The van der Waals surface area contributed by atoms with Crippen LogP contribution in [0.15, 0.2) is 53.0 Å². The molecule has 1 fully saturated rings. The van der Waals surface area contributed by atoms with Crippen LogP contribution in [0, 0.1) is 0 Å². The van der Waals surface area contributed by atoms with Gasteiger partial charge in [0.1, 0.15) is 0 Å². The SMILES string of the molecule is O=C1CCN2c3ccccc3C=C(c3ccccc3Br)N12. The summed E-state index contributed by atoms with van der Waals surface area (Å²) in [5.74, 6) is 0.145. The molecule has 0 unspecified atom stereocenters. The number of amides is 1. The zero-order valence-corrected chi connectivity index (χ0v) is 12.9. The van der Waals surface area contributed by atoms with Gasteiger partial charge in [-0.3, -0.25) is 9.80 Å². The van der Waals surface area contributed by atoms with E-state index in [0.29, 0.717) is 6.42 Å². The summed E-state index contributed by atoms with van der Waals surface area (Å²) in [7, 11) is 0. The first-order valence-corrected chi connectivity index (χ1v) is 7.71. The standard InChI is InChI=1S/C17H13BrN2O/c18-14-7-3-2-6-13(14)16-11-12-5-1-4-8-15(12)19-10-9-17(21)20(16)19/h1-8,11H,9-10H2. The van der Waals surface area contributed by atoms with E-state index >= 15 is 0 Å². The molecule has 1 saturated heterocycles. The van der Waals surface area contributed by atoms with E-state index in [1.54, 1.807) is 0 Å². The highest BCUT2D eigenvalue weighted by molar-refractivity contribution is 9.10. The van der Waals surface area contributed by atoms with Gasteiger partial charge in [-0.25, -0.2) is 5.01 Å². The highest BCUT2D eigenvalue weighted by Gasteiger charge is 2.36. The first-order valence-electron chi connectivity index (χ1n) is 6.92. The summed E-state index contributed by atoms with van der Waals surface area (Å²) in [6.07, 6.45) is 2.64. The number of rotatable bonds is 1. The predicted octanol–water partition coefficient (Wildman–Crippen LogP) is 3.91. The van der Waals surface area contributed by atoms with E-state index in [-0.39, 0.29) is 5.91 Å². The summed E-state index contributed by atoms with van der Waals surface area (Å²) in [6, 6.07) is 16.2. The second-order valence-corrected chi connectivity index (χ2v) is 6.00. The molecule has 2 aromatic rings. The van der Waals surface area contributed by atoms with Crippen LogP contribution in [0.4, 0.5) is 5.69 Å². The number of carbonyl (C=O) groups is 1. The van der Waals surface area contributed by atoms with Crippen molar-refractivity contribution < 1.29 is 4.79 Å². The highest BCUT2D eigenvalue weighted by Crippen LogP contribution is 2.40. The Morgan fingerprint density at radius 3 is 2.62 bits per heavy atom. The van der Waals surface area contributed by atoms with Gasteiger partial charge in [-0.2, -0.15) is 0 Å². The predicted molar refractivity (Wildman–Crippen MR) is 87.3 cm³/mol. The number of nitrogens with zero attached hydrogens (tertiary/aromatic N) is 2. The summed E-state index contributed by atoms with van der Waals surface area (Å²) in [5.41, 5.74) is 4.21. The molecule has 0 aromatic heterocycles. The Kier molecular flexibility index (Phi) is 2.86. The molecule has 21 heavy (non-hydrogen) atoms. The van der Waals surface area contributed by atoms with Crippen molar-refractivity contribution in [2.45, 2.75) is 6.42 Å². The third kappa shape index (κ3) is 1.90. The average molecular weight is 341 g/mol. The van der Waals surface area contributed by atoms with Crippen LogP contribution in [-0.4, -0.2) is 17.5 Å². The molecule has 2 heterocycles. The summed E-state index contributed by atoms with van der Waals surface area (Å²) in [5, 5.41) is 3.88. The summed E-state index contributed by atoms with van der Waals surface area (Å²) in [4.78, 5) is 12.3. The fourth-order valence-electron chi connectivity index (χ4n) is 2.95. The molecule has 1 amide bonds. The number of para-hydroxylation sites is 1. The Hall–Kier alpha value is -2.07. The first kappa shape index (κ1) is 12.7. The van der Waals surface area contributed by atoms with Gasteiger partial charge in [0, 0.05) is 28.6 Å². The van der Waals surface area contributed by atoms with Gasteiger partial charge >= 0.3 is 0 Å². The molecule has 0 bridgehead atoms. The fraction of sp³-hybridized carbons (Fsp3) is 0.118. The lowest BCUT2D eigenvalue weighted by Gasteiger charge is -2.36. The van der Waals surface area contributed by atoms with Crippen LogP contribution >= 0.6 is 15.9 Å². The van der Waals surface area contributed by atoms with Crippen molar-refractivity contribution in [3.8, 4) is 0 Å². The Balaban J connectivity index is 1.95. The minimum absolute atomic E-state index is 0.145. The number of hydrogen-bond acceptors (Lipinski definition) is 2. The minimum atomic E-state index is 0.145. The number of carbonyl (C=O) groups excluding carboxylic acids is 1. The molecule has 0 spiro atoms. The number of halogens is 1. The molecule has 0 N–H and O–H groups in total. The van der Waals surface area contributed by atoms with Crippen LogP contribution < -0.4 is 5.01 Å². The van der Waals surface area contributed by atoms with E-state index in [1.807, 2.05) is 41.4 Å². The Labute approximate surface area is 131 Å². The summed E-state index contributed by atoms with van der Waals surface area (Å²) < 4.78 is 0.996. The quantitative estimate of drug-likeness (QED) is 0.785. The van der Waals surface area contributed by atoms with E-state index in [4.69, 9.17) is 0 Å². The van der Waals surface area contributed by atoms with E-state index in [1.165, 1.54) is 0 Å². The van der Waals surface area contributed by atoms with Gasteiger partial charge in [0.05, 0.1) is 11.4 Å². The molecule has 0 aliphatic carbocycles. The second-order valence-electron chi connectivity index (χ2n) is 5.15. The van der Waals surface area contributed by atoms with Crippen LogP contribution in [-0.2, 0) is 4.79 Å². The molecule has 104 valence electrons. The molecular weight excluding hydrogens is 328 g/mol. The molecule has 0 radical (unpaired) electrons. The average Bonchev–Trinajstić information content (AvgIpc) is 2.90. The van der Waals surface area contributed by atoms with E-state index in [9.17, 15) is 4.79 Å². The fourth-order valence-corrected chi connectivity index (χ4v) is 3.44. The number of fused-ring (bicyclic) bond motifs is 3.